The molecule has 1 fully saturated rings. The summed E-state index contributed by atoms with van der Waals surface area (Å²) in [5.74, 6) is -0.162. The zero-order valence-electron chi connectivity index (χ0n) is 19.6. The molecule has 0 bridgehead atoms. The molecule has 1 heterocycles. The van der Waals surface area contributed by atoms with Gasteiger partial charge in [0.2, 0.25) is 5.91 Å². The minimum atomic E-state index is -2.03. The second kappa shape index (κ2) is 7.18. The fourth-order valence-electron chi connectivity index (χ4n) is 3.23. The van der Waals surface area contributed by atoms with Crippen LogP contribution in [0.2, 0.25) is 18.1 Å². The first-order chi connectivity index (χ1) is 11.7. The van der Waals surface area contributed by atoms with Crippen LogP contribution >= 0.6 is 0 Å². The van der Waals surface area contributed by atoms with Crippen LogP contribution in [-0.4, -0.2) is 42.5 Å². The van der Waals surface area contributed by atoms with Crippen LogP contribution in [0.5, 0.6) is 0 Å². The van der Waals surface area contributed by atoms with Crippen molar-refractivity contribution in [2.45, 2.75) is 117 Å². The molecule has 0 aromatic carbocycles. The lowest BCUT2D eigenvalue weighted by Gasteiger charge is -2.52. The zero-order valence-corrected chi connectivity index (χ0v) is 20.6. The third-order valence-electron chi connectivity index (χ3n) is 6.50. The smallest absolute Gasteiger partial charge is 0.417 e. The fraction of sp³-hybridized carbons (Fsp3) is 0.905. The average molecular weight is 400 g/mol. The van der Waals surface area contributed by atoms with E-state index >= 15 is 0 Å². The predicted octanol–water partition coefficient (Wildman–Crippen LogP) is 5.74. The molecule has 1 atom stereocenters. The maximum absolute atomic E-state index is 12.8. The molecule has 158 valence electrons. The number of nitrogens with zero attached hydrogens (tertiary/aromatic N) is 1. The highest BCUT2D eigenvalue weighted by molar-refractivity contribution is 6.74. The lowest BCUT2D eigenvalue weighted by molar-refractivity contribution is -0.132. The predicted molar refractivity (Wildman–Crippen MR) is 112 cm³/mol. The zero-order chi connectivity index (χ0) is 21.6. The van der Waals surface area contributed by atoms with Crippen molar-refractivity contribution in [3.05, 3.63) is 0 Å². The van der Waals surface area contributed by atoms with E-state index in [2.05, 4.69) is 61.6 Å². The van der Waals surface area contributed by atoms with E-state index in [0.29, 0.717) is 12.8 Å². The first-order valence-electron chi connectivity index (χ1n) is 9.98. The molecule has 5 nitrogen and oxygen atoms in total. The maximum Gasteiger partial charge on any atom is 0.417 e. The summed E-state index contributed by atoms with van der Waals surface area (Å²) in [6.07, 6.45) is 0.449. The van der Waals surface area contributed by atoms with Crippen molar-refractivity contribution in [3.63, 3.8) is 0 Å². The van der Waals surface area contributed by atoms with E-state index in [1.165, 1.54) is 4.90 Å². The summed E-state index contributed by atoms with van der Waals surface area (Å²) in [4.78, 5) is 26.6. The van der Waals surface area contributed by atoms with Gasteiger partial charge in [0, 0.05) is 11.8 Å². The number of amides is 2. The van der Waals surface area contributed by atoms with Crippen molar-refractivity contribution in [1.82, 2.24) is 4.90 Å². The van der Waals surface area contributed by atoms with Gasteiger partial charge in [-0.3, -0.25) is 4.79 Å². The van der Waals surface area contributed by atoms with Crippen molar-refractivity contribution in [3.8, 4) is 0 Å². The van der Waals surface area contributed by atoms with Gasteiger partial charge in [0.05, 0.1) is 11.6 Å². The fourth-order valence-corrected chi connectivity index (χ4v) is 5.08. The molecule has 1 unspecified atom stereocenters. The van der Waals surface area contributed by atoms with E-state index in [1.54, 1.807) is 0 Å². The molecule has 1 rings (SSSR count). The summed E-state index contributed by atoms with van der Waals surface area (Å²) in [6.45, 7) is 24.9. The highest BCUT2D eigenvalue weighted by Crippen LogP contribution is 2.48. The molecule has 0 aromatic rings. The van der Waals surface area contributed by atoms with Crippen LogP contribution in [-0.2, 0) is 14.0 Å². The van der Waals surface area contributed by atoms with E-state index < -0.39 is 31.0 Å². The Morgan fingerprint density at radius 2 is 1.48 bits per heavy atom. The highest BCUT2D eigenvalue weighted by Gasteiger charge is 2.55. The van der Waals surface area contributed by atoms with Crippen LogP contribution in [0.3, 0.4) is 0 Å². The SMILES string of the molecule is CC(C)(C)OC(=O)N1C(=O)CCC1C(C)(C)C(C)(C)O[Si](C)(C)C(C)(C)C. The van der Waals surface area contributed by atoms with E-state index in [-0.39, 0.29) is 17.0 Å². The summed E-state index contributed by atoms with van der Waals surface area (Å²) >= 11 is 0. The Hall–Kier alpha value is -0.883. The van der Waals surface area contributed by atoms with E-state index in [1.807, 2.05) is 20.8 Å². The molecular weight excluding hydrogens is 358 g/mol. The van der Waals surface area contributed by atoms with Gasteiger partial charge in [-0.2, -0.15) is 0 Å². The van der Waals surface area contributed by atoms with Crippen LogP contribution in [0.25, 0.3) is 0 Å². The molecular formula is C21H41NO4Si. The van der Waals surface area contributed by atoms with Gasteiger partial charge in [-0.1, -0.05) is 34.6 Å². The van der Waals surface area contributed by atoms with E-state index in [9.17, 15) is 9.59 Å². The summed E-state index contributed by atoms with van der Waals surface area (Å²) in [5.41, 5.74) is -1.57. The average Bonchev–Trinajstić information content (AvgIpc) is 2.76. The quantitative estimate of drug-likeness (QED) is 0.566. The molecule has 27 heavy (non-hydrogen) atoms. The molecule has 2 amide bonds. The van der Waals surface area contributed by atoms with Crippen LogP contribution in [0, 0.1) is 5.41 Å². The Morgan fingerprint density at radius 3 is 1.89 bits per heavy atom. The van der Waals surface area contributed by atoms with Gasteiger partial charge in [0.1, 0.15) is 5.60 Å². The van der Waals surface area contributed by atoms with Gasteiger partial charge < -0.3 is 9.16 Å². The van der Waals surface area contributed by atoms with Crippen molar-refractivity contribution in [1.29, 1.82) is 0 Å². The van der Waals surface area contributed by atoms with Crippen molar-refractivity contribution < 1.29 is 18.8 Å². The number of carbonyl (C=O) groups excluding carboxylic acids is 2. The lowest BCUT2D eigenvalue weighted by Crippen LogP contribution is -2.60. The van der Waals surface area contributed by atoms with Crippen molar-refractivity contribution in [2.24, 2.45) is 5.41 Å². The van der Waals surface area contributed by atoms with Gasteiger partial charge in [-0.05, 0) is 59.2 Å². The maximum atomic E-state index is 12.8. The number of hydrogen-bond donors (Lipinski definition) is 0. The first kappa shape index (κ1) is 24.2. The summed E-state index contributed by atoms with van der Waals surface area (Å²) in [5, 5.41) is 0.0801. The summed E-state index contributed by atoms with van der Waals surface area (Å²) < 4.78 is 12.3. The van der Waals surface area contributed by atoms with E-state index in [0.717, 1.165) is 0 Å². The molecule has 0 spiro atoms. The highest BCUT2D eigenvalue weighted by atomic mass is 28.4. The van der Waals surface area contributed by atoms with Crippen molar-refractivity contribution >= 4 is 20.3 Å². The number of hydrogen-bond acceptors (Lipinski definition) is 4. The first-order valence-corrected chi connectivity index (χ1v) is 12.9. The number of imide groups is 1. The van der Waals surface area contributed by atoms with Gasteiger partial charge in [0.25, 0.3) is 0 Å². The molecule has 6 heteroatoms. The molecule has 0 N–H and O–H groups in total. The number of likely N-dealkylation sites (tertiary alicyclic amines) is 1. The second-order valence-corrected chi connectivity index (χ2v) is 16.1. The number of carbonyl (C=O) groups is 2. The Balaban J connectivity index is 3.19. The number of ether oxygens (including phenoxy) is 1. The minimum absolute atomic E-state index is 0.0801. The molecule has 1 saturated heterocycles. The van der Waals surface area contributed by atoms with E-state index in [4.69, 9.17) is 9.16 Å². The van der Waals surface area contributed by atoms with Crippen LogP contribution in [0.4, 0.5) is 4.79 Å². The van der Waals surface area contributed by atoms with Gasteiger partial charge in [0.15, 0.2) is 8.32 Å². The second-order valence-electron chi connectivity index (χ2n) is 11.4. The monoisotopic (exact) mass is 399 g/mol. The molecule has 0 aromatic heterocycles. The lowest BCUT2D eigenvalue weighted by atomic mass is 9.70. The van der Waals surface area contributed by atoms with Crippen LogP contribution in [0.1, 0.15) is 82.1 Å². The van der Waals surface area contributed by atoms with Crippen LogP contribution < -0.4 is 0 Å². The van der Waals surface area contributed by atoms with Gasteiger partial charge >= 0.3 is 6.09 Å². The normalized spacial score (nSPS) is 20.2. The minimum Gasteiger partial charge on any atom is -0.443 e. The molecule has 1 aliphatic heterocycles. The Bertz CT molecular complexity index is 582. The third kappa shape index (κ3) is 5.14. The largest absolute Gasteiger partial charge is 0.443 e. The molecule has 0 aliphatic carbocycles. The molecule has 0 radical (unpaired) electrons. The summed E-state index contributed by atoms with van der Waals surface area (Å²) in [6, 6.07) is -0.250. The topological polar surface area (TPSA) is 55.8 Å². The Kier molecular flexibility index (Phi) is 6.42. The van der Waals surface area contributed by atoms with Gasteiger partial charge in [-0.25, -0.2) is 9.69 Å². The number of rotatable bonds is 4. The standard InChI is InChI=1S/C21H41NO4Si/c1-18(2,3)25-17(24)22-15(13-14-16(22)23)20(7,8)21(9,10)26-27(11,12)19(4,5)6/h15H,13-14H2,1-12H3. The van der Waals surface area contributed by atoms with Crippen LogP contribution in [0.15, 0.2) is 0 Å². The Morgan fingerprint density at radius 1 is 1.00 bits per heavy atom. The summed E-state index contributed by atoms with van der Waals surface area (Å²) in [7, 11) is -2.03. The Labute approximate surface area is 167 Å². The molecule has 1 aliphatic rings. The molecule has 0 saturated carbocycles. The van der Waals surface area contributed by atoms with Crippen molar-refractivity contribution in [2.75, 3.05) is 0 Å². The third-order valence-corrected chi connectivity index (χ3v) is 11.1. The van der Waals surface area contributed by atoms with Gasteiger partial charge in [-0.15, -0.1) is 0 Å².